The maximum Gasteiger partial charge on any atom is 0.210 e. The first-order valence-corrected chi connectivity index (χ1v) is 5.06. The summed E-state index contributed by atoms with van der Waals surface area (Å²) in [6.45, 7) is 2.84. The van der Waals surface area contributed by atoms with Crippen molar-refractivity contribution in [3.8, 4) is 0 Å². The molecule has 0 aliphatic heterocycles. The van der Waals surface area contributed by atoms with Gasteiger partial charge in [0, 0.05) is 12.6 Å². The molecule has 1 saturated carbocycles. The fourth-order valence-electron chi connectivity index (χ4n) is 1.68. The van der Waals surface area contributed by atoms with E-state index in [2.05, 4.69) is 25.1 Å². The van der Waals surface area contributed by atoms with Crippen LogP contribution in [0.15, 0.2) is 24.3 Å². The third-order valence-corrected chi connectivity index (χ3v) is 2.60. The number of amides is 1. The fraction of sp³-hybridized carbons (Fsp3) is 0.417. The van der Waals surface area contributed by atoms with Gasteiger partial charge in [-0.25, -0.2) is 0 Å². The summed E-state index contributed by atoms with van der Waals surface area (Å²) in [5.74, 6) is 0. The van der Waals surface area contributed by atoms with E-state index in [1.54, 1.807) is 0 Å². The Morgan fingerprint density at radius 1 is 1.50 bits per heavy atom. The SMILES string of the molecule is Cc1cccc(CN(C=O)C2CC2)c1. The smallest absolute Gasteiger partial charge is 0.210 e. The maximum absolute atomic E-state index is 10.8. The zero-order valence-electron chi connectivity index (χ0n) is 8.44. The molecule has 0 aromatic heterocycles. The third kappa shape index (κ3) is 2.13. The van der Waals surface area contributed by atoms with Gasteiger partial charge >= 0.3 is 0 Å². The Bertz CT molecular complexity index is 331. The lowest BCUT2D eigenvalue weighted by molar-refractivity contribution is -0.119. The summed E-state index contributed by atoms with van der Waals surface area (Å²) in [6, 6.07) is 8.84. The van der Waals surface area contributed by atoms with Crippen molar-refractivity contribution in [2.75, 3.05) is 0 Å². The van der Waals surface area contributed by atoms with Crippen LogP contribution in [-0.2, 0) is 11.3 Å². The van der Waals surface area contributed by atoms with Crippen LogP contribution in [0.3, 0.4) is 0 Å². The average Bonchev–Trinajstić information content (AvgIpc) is 2.97. The average molecular weight is 189 g/mol. The Balaban J connectivity index is 2.04. The predicted molar refractivity (Wildman–Crippen MR) is 55.8 cm³/mol. The largest absolute Gasteiger partial charge is 0.338 e. The molecule has 1 amide bonds. The summed E-state index contributed by atoms with van der Waals surface area (Å²) in [7, 11) is 0. The molecule has 0 unspecified atom stereocenters. The summed E-state index contributed by atoms with van der Waals surface area (Å²) < 4.78 is 0. The molecule has 0 atom stereocenters. The molecule has 0 bridgehead atoms. The number of carbonyl (C=O) groups excluding carboxylic acids is 1. The first-order chi connectivity index (χ1) is 6.79. The summed E-state index contributed by atoms with van der Waals surface area (Å²) in [4.78, 5) is 12.7. The minimum absolute atomic E-state index is 0.507. The zero-order valence-corrected chi connectivity index (χ0v) is 8.44. The molecule has 14 heavy (non-hydrogen) atoms. The molecule has 0 heterocycles. The van der Waals surface area contributed by atoms with Crippen molar-refractivity contribution in [2.24, 2.45) is 0 Å². The van der Waals surface area contributed by atoms with Gasteiger partial charge in [0.1, 0.15) is 0 Å². The Hall–Kier alpha value is -1.31. The Kier molecular flexibility index (Phi) is 2.53. The van der Waals surface area contributed by atoms with Crippen LogP contribution >= 0.6 is 0 Å². The van der Waals surface area contributed by atoms with E-state index in [0.717, 1.165) is 13.0 Å². The van der Waals surface area contributed by atoms with Gasteiger partial charge in [-0.05, 0) is 25.3 Å². The van der Waals surface area contributed by atoms with Crippen LogP contribution in [0.2, 0.25) is 0 Å². The molecule has 2 nitrogen and oxygen atoms in total. The predicted octanol–water partition coefficient (Wildman–Crippen LogP) is 2.12. The van der Waals surface area contributed by atoms with Gasteiger partial charge in [0.15, 0.2) is 0 Å². The number of hydrogen-bond donors (Lipinski definition) is 0. The van der Waals surface area contributed by atoms with Crippen LogP contribution in [0.25, 0.3) is 0 Å². The van der Waals surface area contributed by atoms with Gasteiger partial charge in [-0.1, -0.05) is 29.8 Å². The van der Waals surface area contributed by atoms with Gasteiger partial charge in [0.25, 0.3) is 0 Å². The molecule has 1 aromatic carbocycles. The van der Waals surface area contributed by atoms with Gasteiger partial charge in [0.2, 0.25) is 6.41 Å². The number of carbonyl (C=O) groups is 1. The van der Waals surface area contributed by atoms with E-state index in [9.17, 15) is 4.79 Å². The van der Waals surface area contributed by atoms with E-state index in [1.807, 2.05) is 11.0 Å². The van der Waals surface area contributed by atoms with Gasteiger partial charge < -0.3 is 4.90 Å². The van der Waals surface area contributed by atoms with E-state index in [1.165, 1.54) is 24.0 Å². The first kappa shape index (κ1) is 9.25. The molecule has 1 fully saturated rings. The second-order valence-electron chi connectivity index (χ2n) is 4.00. The molecule has 1 aliphatic carbocycles. The topological polar surface area (TPSA) is 20.3 Å². The van der Waals surface area contributed by atoms with E-state index < -0.39 is 0 Å². The molecular weight excluding hydrogens is 174 g/mol. The Morgan fingerprint density at radius 2 is 2.29 bits per heavy atom. The third-order valence-electron chi connectivity index (χ3n) is 2.60. The fourth-order valence-corrected chi connectivity index (χ4v) is 1.68. The Morgan fingerprint density at radius 3 is 2.86 bits per heavy atom. The minimum Gasteiger partial charge on any atom is -0.338 e. The maximum atomic E-state index is 10.8. The Labute approximate surface area is 84.5 Å². The lowest BCUT2D eigenvalue weighted by Crippen LogP contribution is -2.23. The van der Waals surface area contributed by atoms with Crippen molar-refractivity contribution in [3.63, 3.8) is 0 Å². The highest BCUT2D eigenvalue weighted by Crippen LogP contribution is 2.26. The summed E-state index contributed by atoms with van der Waals surface area (Å²) >= 11 is 0. The zero-order chi connectivity index (χ0) is 9.97. The van der Waals surface area contributed by atoms with Crippen LogP contribution in [-0.4, -0.2) is 17.4 Å². The van der Waals surface area contributed by atoms with Crippen LogP contribution in [0.5, 0.6) is 0 Å². The normalized spacial score (nSPS) is 15.2. The summed E-state index contributed by atoms with van der Waals surface area (Å²) in [6.07, 6.45) is 3.31. The highest BCUT2D eigenvalue weighted by molar-refractivity contribution is 5.49. The van der Waals surface area contributed by atoms with Crippen LogP contribution < -0.4 is 0 Å². The second-order valence-corrected chi connectivity index (χ2v) is 4.00. The molecular formula is C12H15NO. The van der Waals surface area contributed by atoms with Crippen molar-refractivity contribution in [1.82, 2.24) is 4.90 Å². The quantitative estimate of drug-likeness (QED) is 0.664. The molecule has 1 aromatic rings. The molecule has 1 aliphatic rings. The summed E-state index contributed by atoms with van der Waals surface area (Å²) in [5, 5.41) is 0. The number of aryl methyl sites for hydroxylation is 1. The molecule has 74 valence electrons. The van der Waals surface area contributed by atoms with Gasteiger partial charge in [0.05, 0.1) is 0 Å². The van der Waals surface area contributed by atoms with Crippen molar-refractivity contribution in [1.29, 1.82) is 0 Å². The van der Waals surface area contributed by atoms with Gasteiger partial charge in [-0.3, -0.25) is 4.79 Å². The lowest BCUT2D eigenvalue weighted by Gasteiger charge is -2.16. The number of hydrogen-bond acceptors (Lipinski definition) is 1. The van der Waals surface area contributed by atoms with Crippen molar-refractivity contribution < 1.29 is 4.79 Å². The monoisotopic (exact) mass is 189 g/mol. The molecule has 0 spiro atoms. The molecule has 0 N–H and O–H groups in total. The van der Waals surface area contributed by atoms with Crippen LogP contribution in [0, 0.1) is 6.92 Å². The van der Waals surface area contributed by atoms with Gasteiger partial charge in [-0.15, -0.1) is 0 Å². The van der Waals surface area contributed by atoms with E-state index in [0.29, 0.717) is 6.04 Å². The van der Waals surface area contributed by atoms with E-state index >= 15 is 0 Å². The highest BCUT2D eigenvalue weighted by atomic mass is 16.1. The molecule has 2 rings (SSSR count). The number of rotatable bonds is 4. The van der Waals surface area contributed by atoms with Gasteiger partial charge in [-0.2, -0.15) is 0 Å². The molecule has 0 saturated heterocycles. The summed E-state index contributed by atoms with van der Waals surface area (Å²) in [5.41, 5.74) is 2.48. The number of nitrogens with zero attached hydrogens (tertiary/aromatic N) is 1. The lowest BCUT2D eigenvalue weighted by atomic mass is 10.1. The second kappa shape index (κ2) is 3.82. The van der Waals surface area contributed by atoms with Crippen molar-refractivity contribution >= 4 is 6.41 Å². The first-order valence-electron chi connectivity index (χ1n) is 5.06. The van der Waals surface area contributed by atoms with E-state index in [4.69, 9.17) is 0 Å². The van der Waals surface area contributed by atoms with E-state index in [-0.39, 0.29) is 0 Å². The molecule has 0 radical (unpaired) electrons. The van der Waals surface area contributed by atoms with Crippen LogP contribution in [0.4, 0.5) is 0 Å². The standard InChI is InChI=1S/C12H15NO/c1-10-3-2-4-11(7-10)8-13(9-14)12-5-6-12/h2-4,7,9,12H,5-6,8H2,1H3. The van der Waals surface area contributed by atoms with Crippen molar-refractivity contribution in [2.45, 2.75) is 32.4 Å². The highest BCUT2D eigenvalue weighted by Gasteiger charge is 2.27. The van der Waals surface area contributed by atoms with Crippen LogP contribution in [0.1, 0.15) is 24.0 Å². The minimum atomic E-state index is 0.507. The number of benzene rings is 1. The molecule has 2 heteroatoms. The van der Waals surface area contributed by atoms with Crippen molar-refractivity contribution in [3.05, 3.63) is 35.4 Å².